The summed E-state index contributed by atoms with van der Waals surface area (Å²) in [6.07, 6.45) is 0. The van der Waals surface area contributed by atoms with Gasteiger partial charge < -0.3 is 4.74 Å². The van der Waals surface area contributed by atoms with Crippen LogP contribution in [0.25, 0.3) is 32.7 Å². The Morgan fingerprint density at radius 3 is 1.62 bits per heavy atom. The molecule has 0 aromatic heterocycles. The van der Waals surface area contributed by atoms with Crippen molar-refractivity contribution < 1.29 is 9.53 Å². The molecular weight excluding hydrogens is 296 g/mol. The van der Waals surface area contributed by atoms with Crippen LogP contribution in [0.2, 0.25) is 0 Å². The van der Waals surface area contributed by atoms with Gasteiger partial charge in [0.05, 0.1) is 12.7 Å². The predicted molar refractivity (Wildman–Crippen MR) is 98.2 cm³/mol. The highest BCUT2D eigenvalue weighted by molar-refractivity contribution is 6.23. The van der Waals surface area contributed by atoms with Crippen LogP contribution in [0.1, 0.15) is 10.4 Å². The Labute approximate surface area is 140 Å². The van der Waals surface area contributed by atoms with Gasteiger partial charge in [0.2, 0.25) is 0 Å². The Morgan fingerprint density at radius 2 is 1.12 bits per heavy atom. The van der Waals surface area contributed by atoms with Crippen LogP contribution in [0.3, 0.4) is 0 Å². The average Bonchev–Trinajstić information content (AvgIpc) is 2.66. The lowest BCUT2D eigenvalue weighted by atomic mass is 9.88. The van der Waals surface area contributed by atoms with Crippen molar-refractivity contribution in [1.29, 1.82) is 0 Å². The third kappa shape index (κ3) is 2.16. The zero-order valence-corrected chi connectivity index (χ0v) is 13.3. The Bertz CT molecular complexity index is 992. The summed E-state index contributed by atoms with van der Waals surface area (Å²) in [4.78, 5) is 12.5. The van der Waals surface area contributed by atoms with E-state index in [0.717, 1.165) is 32.7 Å². The summed E-state index contributed by atoms with van der Waals surface area (Å²) in [6, 6.07) is 26.3. The fraction of sp³-hybridized carbons (Fsp3) is 0.0455. The first-order valence-corrected chi connectivity index (χ1v) is 7.88. The van der Waals surface area contributed by atoms with Gasteiger partial charge in [-0.05, 0) is 32.7 Å². The van der Waals surface area contributed by atoms with Gasteiger partial charge in [-0.3, -0.25) is 0 Å². The Kier molecular flexibility index (Phi) is 3.51. The quantitative estimate of drug-likeness (QED) is 0.363. The molecule has 4 rings (SSSR count). The molecule has 0 aliphatic carbocycles. The van der Waals surface area contributed by atoms with E-state index >= 15 is 0 Å². The molecule has 2 nitrogen and oxygen atoms in total. The van der Waals surface area contributed by atoms with E-state index < -0.39 is 0 Å². The van der Waals surface area contributed by atoms with Crippen molar-refractivity contribution in [3.8, 4) is 11.1 Å². The fourth-order valence-corrected chi connectivity index (χ4v) is 3.37. The molecule has 116 valence electrons. The van der Waals surface area contributed by atoms with Gasteiger partial charge in [0.15, 0.2) is 0 Å². The highest BCUT2D eigenvalue weighted by Gasteiger charge is 2.19. The number of ether oxygens (including phenoxy) is 1. The number of hydrogen-bond donors (Lipinski definition) is 0. The number of carbonyl (C=O) groups is 1. The van der Waals surface area contributed by atoms with Gasteiger partial charge in [-0.2, -0.15) is 0 Å². The van der Waals surface area contributed by atoms with Crippen LogP contribution in [-0.4, -0.2) is 13.1 Å². The number of hydrogen-bond acceptors (Lipinski definition) is 2. The lowest BCUT2D eigenvalue weighted by Crippen LogP contribution is -2.04. The van der Waals surface area contributed by atoms with Crippen molar-refractivity contribution in [3.05, 3.63) is 84.4 Å². The van der Waals surface area contributed by atoms with E-state index in [4.69, 9.17) is 4.74 Å². The van der Waals surface area contributed by atoms with E-state index in [1.165, 1.54) is 7.11 Å². The normalized spacial score (nSPS) is 10.9. The van der Waals surface area contributed by atoms with Crippen molar-refractivity contribution in [2.24, 2.45) is 0 Å². The zero-order valence-electron chi connectivity index (χ0n) is 13.3. The Morgan fingerprint density at radius 1 is 0.667 bits per heavy atom. The van der Waals surface area contributed by atoms with Gasteiger partial charge in [0, 0.05) is 0 Å². The first kappa shape index (κ1) is 14.5. The van der Waals surface area contributed by atoms with E-state index in [0.29, 0.717) is 5.56 Å². The molecule has 0 bridgehead atoms. The smallest absolute Gasteiger partial charge is 0.339 e. The van der Waals surface area contributed by atoms with Gasteiger partial charge in [0.1, 0.15) is 0 Å². The molecule has 0 saturated heterocycles. The maximum absolute atomic E-state index is 12.5. The summed E-state index contributed by atoms with van der Waals surface area (Å²) >= 11 is 0. The van der Waals surface area contributed by atoms with Crippen molar-refractivity contribution >= 4 is 27.5 Å². The van der Waals surface area contributed by atoms with Crippen LogP contribution in [0, 0.1) is 0 Å². The second kappa shape index (κ2) is 5.82. The van der Waals surface area contributed by atoms with Gasteiger partial charge in [-0.25, -0.2) is 4.79 Å². The fourth-order valence-electron chi connectivity index (χ4n) is 3.37. The summed E-state index contributed by atoms with van der Waals surface area (Å²) in [6.45, 7) is 0. The van der Waals surface area contributed by atoms with Crippen molar-refractivity contribution in [1.82, 2.24) is 0 Å². The third-order valence-corrected chi connectivity index (χ3v) is 4.38. The second-order valence-corrected chi connectivity index (χ2v) is 5.70. The molecule has 0 N–H and O–H groups in total. The lowest BCUT2D eigenvalue weighted by Gasteiger charge is -2.15. The topological polar surface area (TPSA) is 26.3 Å². The average molecular weight is 312 g/mol. The third-order valence-electron chi connectivity index (χ3n) is 4.38. The van der Waals surface area contributed by atoms with Crippen LogP contribution in [0.15, 0.2) is 78.9 Å². The highest BCUT2D eigenvalue weighted by atomic mass is 16.5. The highest BCUT2D eigenvalue weighted by Crippen LogP contribution is 2.39. The van der Waals surface area contributed by atoms with Crippen LogP contribution in [-0.2, 0) is 4.74 Å². The number of esters is 1. The zero-order chi connectivity index (χ0) is 16.5. The van der Waals surface area contributed by atoms with Crippen LogP contribution < -0.4 is 0 Å². The van der Waals surface area contributed by atoms with E-state index in [1.54, 1.807) is 0 Å². The number of methoxy groups -OCH3 is 1. The molecular formula is C22H16O2. The summed E-state index contributed by atoms with van der Waals surface area (Å²) in [5.74, 6) is -0.304. The molecule has 0 fully saturated rings. The van der Waals surface area contributed by atoms with Crippen LogP contribution >= 0.6 is 0 Å². The summed E-state index contributed by atoms with van der Waals surface area (Å²) in [5.41, 5.74) is 2.92. The molecule has 0 atom stereocenters. The van der Waals surface area contributed by atoms with Gasteiger partial charge in [0.25, 0.3) is 0 Å². The van der Waals surface area contributed by atoms with Crippen molar-refractivity contribution in [2.45, 2.75) is 0 Å². The Hall–Kier alpha value is -3.13. The lowest BCUT2D eigenvalue weighted by molar-refractivity contribution is 0.0605. The summed E-state index contributed by atoms with van der Waals surface area (Å²) < 4.78 is 5.06. The number of fused-ring (bicyclic) bond motifs is 2. The van der Waals surface area contributed by atoms with Crippen molar-refractivity contribution in [3.63, 3.8) is 0 Å². The van der Waals surface area contributed by atoms with E-state index in [1.807, 2.05) is 54.6 Å². The minimum Gasteiger partial charge on any atom is -0.465 e. The van der Waals surface area contributed by atoms with Crippen LogP contribution in [0.4, 0.5) is 0 Å². The van der Waals surface area contributed by atoms with E-state index in [9.17, 15) is 4.79 Å². The second-order valence-electron chi connectivity index (χ2n) is 5.70. The minimum atomic E-state index is -0.304. The SMILES string of the molecule is COC(=O)c1c2ccccc2c(-c2ccccc2)c2ccccc12. The van der Waals surface area contributed by atoms with Crippen LogP contribution in [0.5, 0.6) is 0 Å². The molecule has 0 heterocycles. The standard InChI is InChI=1S/C22H16O2/c1-24-22(23)21-18-13-7-5-11-16(18)20(15-9-3-2-4-10-15)17-12-6-8-14-19(17)21/h2-14H,1H3. The summed E-state index contributed by atoms with van der Waals surface area (Å²) in [5, 5.41) is 3.95. The first-order chi connectivity index (χ1) is 11.8. The maximum Gasteiger partial charge on any atom is 0.339 e. The summed E-state index contributed by atoms with van der Waals surface area (Å²) in [7, 11) is 1.43. The monoisotopic (exact) mass is 312 g/mol. The molecule has 0 saturated carbocycles. The predicted octanol–water partition coefficient (Wildman–Crippen LogP) is 5.45. The molecule has 0 aliphatic rings. The van der Waals surface area contributed by atoms with E-state index in [2.05, 4.69) is 24.3 Å². The molecule has 4 aromatic carbocycles. The number of carbonyl (C=O) groups excluding carboxylic acids is 1. The van der Waals surface area contributed by atoms with E-state index in [-0.39, 0.29) is 5.97 Å². The maximum atomic E-state index is 12.5. The molecule has 2 heteroatoms. The van der Waals surface area contributed by atoms with Gasteiger partial charge in [-0.1, -0.05) is 78.9 Å². The molecule has 0 amide bonds. The molecule has 0 aliphatic heterocycles. The molecule has 0 unspecified atom stereocenters. The minimum absolute atomic E-state index is 0.304. The first-order valence-electron chi connectivity index (χ1n) is 7.88. The van der Waals surface area contributed by atoms with Gasteiger partial charge in [-0.15, -0.1) is 0 Å². The van der Waals surface area contributed by atoms with Gasteiger partial charge >= 0.3 is 5.97 Å². The molecule has 4 aromatic rings. The molecule has 0 spiro atoms. The Balaban J connectivity index is 2.26. The number of rotatable bonds is 2. The largest absolute Gasteiger partial charge is 0.465 e. The number of benzene rings is 4. The molecule has 24 heavy (non-hydrogen) atoms. The molecule has 0 radical (unpaired) electrons. The van der Waals surface area contributed by atoms with Crippen molar-refractivity contribution in [2.75, 3.05) is 7.11 Å².